The van der Waals surface area contributed by atoms with Gasteiger partial charge in [0.15, 0.2) is 0 Å². The molecule has 0 unspecified atom stereocenters. The van der Waals surface area contributed by atoms with Crippen LogP contribution in [0.5, 0.6) is 5.88 Å². The SMILES string of the molecule is O=Nc1c(O)[nH]c(=O)n(-c2ccc(Br)cc2)c1=O. The summed E-state index contributed by atoms with van der Waals surface area (Å²) in [5.74, 6) is -0.839. The second-order valence-corrected chi connectivity index (χ2v) is 4.25. The Kier molecular flexibility index (Phi) is 3.11. The maximum atomic E-state index is 11.8. The van der Waals surface area contributed by atoms with Gasteiger partial charge in [-0.1, -0.05) is 15.9 Å². The molecule has 18 heavy (non-hydrogen) atoms. The molecular weight excluding hydrogens is 306 g/mol. The second kappa shape index (κ2) is 4.57. The van der Waals surface area contributed by atoms with Crippen molar-refractivity contribution in [2.75, 3.05) is 0 Å². The van der Waals surface area contributed by atoms with Gasteiger partial charge in [-0.15, -0.1) is 4.91 Å². The Balaban J connectivity index is 2.80. The minimum atomic E-state index is -0.978. The van der Waals surface area contributed by atoms with Crippen molar-refractivity contribution in [1.29, 1.82) is 0 Å². The van der Waals surface area contributed by atoms with Gasteiger partial charge >= 0.3 is 5.69 Å². The summed E-state index contributed by atoms with van der Waals surface area (Å²) in [4.78, 5) is 35.8. The fourth-order valence-electron chi connectivity index (χ4n) is 1.42. The molecule has 0 bridgehead atoms. The summed E-state index contributed by atoms with van der Waals surface area (Å²) in [6.45, 7) is 0. The monoisotopic (exact) mass is 311 g/mol. The topological polar surface area (TPSA) is 105 Å². The number of H-pyrrole nitrogens is 1. The number of halogens is 1. The Morgan fingerprint density at radius 3 is 2.39 bits per heavy atom. The van der Waals surface area contributed by atoms with Crippen LogP contribution in [-0.2, 0) is 0 Å². The lowest BCUT2D eigenvalue weighted by molar-refractivity contribution is 0.448. The first kappa shape index (κ1) is 12.2. The predicted octanol–water partition coefficient (Wildman–Crippen LogP) is 1.39. The molecule has 8 heteroatoms. The average Bonchev–Trinajstić information content (AvgIpc) is 2.31. The van der Waals surface area contributed by atoms with Gasteiger partial charge in [0, 0.05) is 4.47 Å². The van der Waals surface area contributed by atoms with Gasteiger partial charge in [0.1, 0.15) is 0 Å². The third-order valence-corrected chi connectivity index (χ3v) is 2.76. The number of rotatable bonds is 2. The maximum absolute atomic E-state index is 11.8. The molecule has 0 spiro atoms. The Morgan fingerprint density at radius 2 is 1.83 bits per heavy atom. The number of aromatic nitrogens is 2. The second-order valence-electron chi connectivity index (χ2n) is 3.34. The van der Waals surface area contributed by atoms with Crippen LogP contribution in [0.1, 0.15) is 0 Å². The summed E-state index contributed by atoms with van der Waals surface area (Å²) >= 11 is 3.21. The van der Waals surface area contributed by atoms with E-state index in [1.165, 1.54) is 12.1 Å². The highest BCUT2D eigenvalue weighted by molar-refractivity contribution is 9.10. The molecule has 0 radical (unpaired) electrons. The Labute approximate surface area is 108 Å². The van der Waals surface area contributed by atoms with Crippen molar-refractivity contribution in [1.82, 2.24) is 9.55 Å². The van der Waals surface area contributed by atoms with Gasteiger partial charge in [0.25, 0.3) is 5.56 Å². The van der Waals surface area contributed by atoms with Crippen molar-refractivity contribution >= 4 is 21.6 Å². The lowest BCUT2D eigenvalue weighted by Crippen LogP contribution is -2.33. The summed E-state index contributed by atoms with van der Waals surface area (Å²) < 4.78 is 1.48. The highest BCUT2D eigenvalue weighted by atomic mass is 79.9. The van der Waals surface area contributed by atoms with E-state index in [0.717, 1.165) is 4.47 Å². The molecule has 0 fully saturated rings. The van der Waals surface area contributed by atoms with Crippen LogP contribution in [0.25, 0.3) is 5.69 Å². The highest BCUT2D eigenvalue weighted by Gasteiger charge is 2.15. The molecule has 2 rings (SSSR count). The number of nitroso groups, excluding NO2 is 1. The van der Waals surface area contributed by atoms with Crippen molar-refractivity contribution < 1.29 is 5.11 Å². The molecule has 92 valence electrons. The number of aromatic amines is 1. The van der Waals surface area contributed by atoms with Crippen LogP contribution in [0.2, 0.25) is 0 Å². The van der Waals surface area contributed by atoms with Crippen molar-refractivity contribution in [2.24, 2.45) is 5.18 Å². The first-order valence-corrected chi connectivity index (χ1v) is 5.51. The maximum Gasteiger partial charge on any atom is 0.335 e. The molecule has 0 saturated heterocycles. The lowest BCUT2D eigenvalue weighted by Gasteiger charge is -2.05. The molecule has 0 aliphatic rings. The zero-order valence-electron chi connectivity index (χ0n) is 8.75. The van der Waals surface area contributed by atoms with E-state index >= 15 is 0 Å². The zero-order valence-corrected chi connectivity index (χ0v) is 10.3. The lowest BCUT2D eigenvalue weighted by atomic mass is 10.3. The van der Waals surface area contributed by atoms with E-state index in [1.54, 1.807) is 12.1 Å². The van der Waals surface area contributed by atoms with Crippen LogP contribution in [0.15, 0.2) is 43.5 Å². The van der Waals surface area contributed by atoms with Crippen LogP contribution in [0, 0.1) is 4.91 Å². The Hall–Kier alpha value is -2.22. The van der Waals surface area contributed by atoms with Crippen molar-refractivity contribution in [3.63, 3.8) is 0 Å². The predicted molar refractivity (Wildman–Crippen MR) is 67.5 cm³/mol. The molecule has 0 aliphatic carbocycles. The minimum Gasteiger partial charge on any atom is -0.493 e. The number of aromatic hydroxyl groups is 1. The summed E-state index contributed by atoms with van der Waals surface area (Å²) in [6, 6.07) is 6.27. The molecule has 2 N–H and O–H groups in total. The highest BCUT2D eigenvalue weighted by Crippen LogP contribution is 2.17. The normalized spacial score (nSPS) is 10.3. The Morgan fingerprint density at radius 1 is 1.22 bits per heavy atom. The van der Waals surface area contributed by atoms with Gasteiger partial charge in [0.2, 0.25) is 11.6 Å². The van der Waals surface area contributed by atoms with E-state index in [1.807, 2.05) is 4.98 Å². The molecule has 2 aromatic rings. The summed E-state index contributed by atoms with van der Waals surface area (Å²) in [6.07, 6.45) is 0. The molecule has 0 atom stereocenters. The third kappa shape index (κ3) is 1.97. The third-order valence-electron chi connectivity index (χ3n) is 2.23. The largest absolute Gasteiger partial charge is 0.493 e. The van der Waals surface area contributed by atoms with Gasteiger partial charge in [-0.3, -0.25) is 9.78 Å². The van der Waals surface area contributed by atoms with E-state index in [2.05, 4.69) is 21.1 Å². The molecule has 1 heterocycles. The molecule has 1 aromatic heterocycles. The molecule has 0 saturated carbocycles. The molecule has 1 aromatic carbocycles. The minimum absolute atomic E-state index is 0.259. The van der Waals surface area contributed by atoms with E-state index in [-0.39, 0.29) is 5.69 Å². The first-order valence-electron chi connectivity index (χ1n) is 4.72. The zero-order chi connectivity index (χ0) is 13.3. The van der Waals surface area contributed by atoms with Gasteiger partial charge in [0.05, 0.1) is 5.69 Å². The smallest absolute Gasteiger partial charge is 0.335 e. The van der Waals surface area contributed by atoms with E-state index < -0.39 is 22.8 Å². The van der Waals surface area contributed by atoms with Crippen LogP contribution in [0.4, 0.5) is 5.69 Å². The summed E-state index contributed by atoms with van der Waals surface area (Å²) in [5.41, 5.74) is -2.31. The summed E-state index contributed by atoms with van der Waals surface area (Å²) in [7, 11) is 0. The van der Waals surface area contributed by atoms with Gasteiger partial charge in [-0.2, -0.15) is 0 Å². The average molecular weight is 312 g/mol. The fourth-order valence-corrected chi connectivity index (χ4v) is 1.69. The number of hydrogen-bond acceptors (Lipinski definition) is 5. The van der Waals surface area contributed by atoms with Gasteiger partial charge < -0.3 is 5.11 Å². The number of nitrogens with zero attached hydrogens (tertiary/aromatic N) is 2. The standard InChI is InChI=1S/C10H6BrN3O4/c11-5-1-3-6(4-2-5)14-9(16)7(13-18)8(15)12-10(14)17/h1-4,15H,(H,12,17). The molecule has 7 nitrogen and oxygen atoms in total. The summed E-state index contributed by atoms with van der Waals surface area (Å²) in [5, 5.41) is 11.6. The molecular formula is C10H6BrN3O4. The van der Waals surface area contributed by atoms with Crippen molar-refractivity contribution in [3.05, 3.63) is 54.5 Å². The number of nitrogens with one attached hydrogen (secondary N) is 1. The van der Waals surface area contributed by atoms with E-state index in [4.69, 9.17) is 0 Å². The van der Waals surface area contributed by atoms with Crippen LogP contribution >= 0.6 is 15.9 Å². The molecule has 0 amide bonds. The van der Waals surface area contributed by atoms with Gasteiger partial charge in [-0.25, -0.2) is 9.36 Å². The van der Waals surface area contributed by atoms with Crippen LogP contribution in [0.3, 0.4) is 0 Å². The van der Waals surface area contributed by atoms with Crippen molar-refractivity contribution in [3.8, 4) is 11.6 Å². The van der Waals surface area contributed by atoms with Crippen LogP contribution < -0.4 is 11.2 Å². The van der Waals surface area contributed by atoms with E-state index in [9.17, 15) is 19.6 Å². The quantitative estimate of drug-likeness (QED) is 0.818. The van der Waals surface area contributed by atoms with E-state index in [0.29, 0.717) is 4.57 Å². The Bertz CT molecular complexity index is 717. The molecule has 0 aliphatic heterocycles. The van der Waals surface area contributed by atoms with Crippen LogP contribution in [-0.4, -0.2) is 14.7 Å². The number of hydrogen-bond donors (Lipinski definition) is 2. The number of benzene rings is 1. The fraction of sp³-hybridized carbons (Fsp3) is 0. The van der Waals surface area contributed by atoms with Gasteiger partial charge in [-0.05, 0) is 29.4 Å². The van der Waals surface area contributed by atoms with Crippen molar-refractivity contribution in [2.45, 2.75) is 0 Å². The first-order chi connectivity index (χ1) is 8.54.